The Morgan fingerprint density at radius 2 is 1.62 bits per heavy atom. The van der Waals surface area contributed by atoms with Crippen LogP contribution in [0.2, 0.25) is 0 Å². The molecule has 0 unspecified atom stereocenters. The number of benzene rings is 3. The van der Waals surface area contributed by atoms with Gasteiger partial charge in [-0.15, -0.1) is 0 Å². The minimum absolute atomic E-state index is 0.923. The van der Waals surface area contributed by atoms with E-state index in [1.807, 2.05) is 18.2 Å². The van der Waals surface area contributed by atoms with Crippen molar-refractivity contribution in [3.8, 4) is 0 Å². The van der Waals surface area contributed by atoms with Gasteiger partial charge in [-0.3, -0.25) is 0 Å². The second-order valence-electron chi connectivity index (χ2n) is 5.28. The van der Waals surface area contributed by atoms with Gasteiger partial charge in [0.25, 0.3) is 0 Å². The SMILES string of the molecule is Brc1cccc2c1[nH]c1cc3oc4ccccc4c3cc12. The Morgan fingerprint density at radius 1 is 0.762 bits per heavy atom. The van der Waals surface area contributed by atoms with Gasteiger partial charge in [-0.25, -0.2) is 0 Å². The third kappa shape index (κ3) is 1.47. The largest absolute Gasteiger partial charge is 0.456 e. The van der Waals surface area contributed by atoms with Crippen LogP contribution in [0.1, 0.15) is 0 Å². The number of furan rings is 1. The van der Waals surface area contributed by atoms with Gasteiger partial charge in [-0.05, 0) is 34.1 Å². The van der Waals surface area contributed by atoms with E-state index in [0.29, 0.717) is 0 Å². The Morgan fingerprint density at radius 3 is 2.57 bits per heavy atom. The van der Waals surface area contributed by atoms with E-state index >= 15 is 0 Å². The van der Waals surface area contributed by atoms with Crippen molar-refractivity contribution in [3.63, 3.8) is 0 Å². The van der Waals surface area contributed by atoms with Crippen molar-refractivity contribution in [2.75, 3.05) is 0 Å². The summed E-state index contributed by atoms with van der Waals surface area (Å²) < 4.78 is 7.04. The number of fused-ring (bicyclic) bond motifs is 6. The second kappa shape index (κ2) is 3.89. The Bertz CT molecular complexity index is 1150. The molecule has 21 heavy (non-hydrogen) atoms. The van der Waals surface area contributed by atoms with Gasteiger partial charge in [0.15, 0.2) is 0 Å². The maximum atomic E-state index is 5.96. The summed E-state index contributed by atoms with van der Waals surface area (Å²) in [7, 11) is 0. The molecule has 0 aliphatic rings. The van der Waals surface area contributed by atoms with Gasteiger partial charge >= 0.3 is 0 Å². The van der Waals surface area contributed by atoms with E-state index in [1.165, 1.54) is 21.5 Å². The summed E-state index contributed by atoms with van der Waals surface area (Å²) in [5, 5.41) is 4.79. The van der Waals surface area contributed by atoms with Crippen LogP contribution in [0.5, 0.6) is 0 Å². The van der Waals surface area contributed by atoms with Gasteiger partial charge in [0.1, 0.15) is 11.2 Å². The van der Waals surface area contributed by atoms with E-state index in [2.05, 4.69) is 57.3 Å². The summed E-state index contributed by atoms with van der Waals surface area (Å²) in [4.78, 5) is 3.48. The van der Waals surface area contributed by atoms with E-state index in [0.717, 1.165) is 26.7 Å². The number of aromatic amines is 1. The maximum absolute atomic E-state index is 5.96. The van der Waals surface area contributed by atoms with Crippen LogP contribution in [0, 0.1) is 0 Å². The van der Waals surface area contributed by atoms with Gasteiger partial charge in [-0.2, -0.15) is 0 Å². The lowest BCUT2D eigenvalue weighted by Gasteiger charge is -1.93. The lowest BCUT2D eigenvalue weighted by molar-refractivity contribution is 0.669. The van der Waals surface area contributed by atoms with Gasteiger partial charge in [0, 0.05) is 32.1 Å². The number of para-hydroxylation sites is 2. The summed E-state index contributed by atoms with van der Waals surface area (Å²) in [5.41, 5.74) is 4.09. The highest BCUT2D eigenvalue weighted by molar-refractivity contribution is 9.10. The Balaban J connectivity index is 2.04. The minimum Gasteiger partial charge on any atom is -0.456 e. The highest BCUT2D eigenvalue weighted by atomic mass is 79.9. The van der Waals surface area contributed by atoms with Crippen LogP contribution < -0.4 is 0 Å². The van der Waals surface area contributed by atoms with E-state index in [-0.39, 0.29) is 0 Å². The van der Waals surface area contributed by atoms with Gasteiger partial charge < -0.3 is 9.40 Å². The van der Waals surface area contributed by atoms with Gasteiger partial charge in [-0.1, -0.05) is 30.3 Å². The minimum atomic E-state index is 0.923. The first-order chi connectivity index (χ1) is 10.3. The molecular formula is C18H10BrNO. The normalized spacial score (nSPS) is 12.0. The lowest BCUT2D eigenvalue weighted by atomic mass is 10.1. The van der Waals surface area contributed by atoms with E-state index in [4.69, 9.17) is 4.42 Å². The van der Waals surface area contributed by atoms with Crippen molar-refractivity contribution in [1.82, 2.24) is 4.98 Å². The van der Waals surface area contributed by atoms with Crippen molar-refractivity contribution in [1.29, 1.82) is 0 Å². The fourth-order valence-electron chi connectivity index (χ4n) is 3.11. The standard InChI is InChI=1S/C18H10BrNO/c19-14-6-3-5-11-12-8-13-10-4-1-2-7-16(10)21-17(13)9-15(12)20-18(11)14/h1-9,20H. The van der Waals surface area contributed by atoms with Crippen molar-refractivity contribution in [2.24, 2.45) is 0 Å². The third-order valence-corrected chi connectivity index (χ3v) is 4.74. The van der Waals surface area contributed by atoms with E-state index in [1.54, 1.807) is 0 Å². The van der Waals surface area contributed by atoms with Crippen LogP contribution in [0.25, 0.3) is 43.7 Å². The molecule has 0 aliphatic heterocycles. The molecule has 0 amide bonds. The summed E-state index contributed by atoms with van der Waals surface area (Å²) in [5.74, 6) is 0. The second-order valence-corrected chi connectivity index (χ2v) is 6.13. The molecule has 2 aromatic heterocycles. The van der Waals surface area contributed by atoms with E-state index in [9.17, 15) is 0 Å². The molecule has 100 valence electrons. The molecule has 0 radical (unpaired) electrons. The number of hydrogen-bond donors (Lipinski definition) is 1. The quantitative estimate of drug-likeness (QED) is 0.370. The maximum Gasteiger partial charge on any atom is 0.137 e. The first kappa shape index (κ1) is 11.4. The number of nitrogens with one attached hydrogen (secondary N) is 1. The van der Waals surface area contributed by atoms with Crippen molar-refractivity contribution in [3.05, 3.63) is 59.1 Å². The topological polar surface area (TPSA) is 28.9 Å². The predicted molar refractivity (Wildman–Crippen MR) is 90.8 cm³/mol. The number of hydrogen-bond acceptors (Lipinski definition) is 1. The molecule has 3 aromatic carbocycles. The number of halogens is 1. The van der Waals surface area contributed by atoms with E-state index < -0.39 is 0 Å². The lowest BCUT2D eigenvalue weighted by Crippen LogP contribution is -1.69. The molecule has 0 spiro atoms. The summed E-state index contributed by atoms with van der Waals surface area (Å²) in [6.45, 7) is 0. The summed E-state index contributed by atoms with van der Waals surface area (Å²) in [6.07, 6.45) is 0. The van der Waals surface area contributed by atoms with Crippen LogP contribution >= 0.6 is 15.9 Å². The Labute approximate surface area is 128 Å². The smallest absolute Gasteiger partial charge is 0.137 e. The van der Waals surface area contributed by atoms with Gasteiger partial charge in [0.2, 0.25) is 0 Å². The molecule has 0 saturated carbocycles. The zero-order valence-electron chi connectivity index (χ0n) is 11.0. The van der Waals surface area contributed by atoms with Crippen molar-refractivity contribution >= 4 is 59.7 Å². The first-order valence-electron chi connectivity index (χ1n) is 6.82. The monoisotopic (exact) mass is 335 g/mol. The fourth-order valence-corrected chi connectivity index (χ4v) is 3.57. The molecule has 3 heteroatoms. The fraction of sp³-hybridized carbons (Fsp3) is 0. The highest BCUT2D eigenvalue weighted by Gasteiger charge is 2.12. The average Bonchev–Trinajstić information content (AvgIpc) is 3.04. The molecule has 0 bridgehead atoms. The number of H-pyrrole nitrogens is 1. The Kier molecular flexibility index (Phi) is 2.11. The molecule has 0 atom stereocenters. The molecule has 5 rings (SSSR count). The highest BCUT2D eigenvalue weighted by Crippen LogP contribution is 2.36. The summed E-state index contributed by atoms with van der Waals surface area (Å²) >= 11 is 3.61. The number of rotatable bonds is 0. The van der Waals surface area contributed by atoms with Crippen LogP contribution in [-0.4, -0.2) is 4.98 Å². The zero-order valence-corrected chi connectivity index (χ0v) is 12.6. The number of aromatic nitrogens is 1. The molecule has 1 N–H and O–H groups in total. The molecule has 2 nitrogen and oxygen atoms in total. The van der Waals surface area contributed by atoms with Gasteiger partial charge in [0.05, 0.1) is 11.0 Å². The Hall–Kier alpha value is -2.26. The van der Waals surface area contributed by atoms with Crippen molar-refractivity contribution < 1.29 is 4.42 Å². The van der Waals surface area contributed by atoms with Crippen LogP contribution in [0.4, 0.5) is 0 Å². The molecule has 0 aliphatic carbocycles. The van der Waals surface area contributed by atoms with Crippen LogP contribution in [0.3, 0.4) is 0 Å². The van der Waals surface area contributed by atoms with Crippen LogP contribution in [-0.2, 0) is 0 Å². The molecule has 5 aromatic rings. The molecule has 2 heterocycles. The molecular weight excluding hydrogens is 326 g/mol. The molecule has 0 saturated heterocycles. The predicted octanol–water partition coefficient (Wildman–Crippen LogP) is 5.98. The average molecular weight is 336 g/mol. The summed E-state index contributed by atoms with van der Waals surface area (Å²) in [6, 6.07) is 18.8. The zero-order chi connectivity index (χ0) is 14.0. The van der Waals surface area contributed by atoms with Crippen molar-refractivity contribution in [2.45, 2.75) is 0 Å². The molecule has 0 fully saturated rings. The first-order valence-corrected chi connectivity index (χ1v) is 7.62. The van der Waals surface area contributed by atoms with Crippen LogP contribution in [0.15, 0.2) is 63.5 Å². The third-order valence-electron chi connectivity index (χ3n) is 4.08.